The Balaban J connectivity index is 0.000000264. The number of aliphatic imine (C=N–C) groups is 1. The molecule has 1 aromatic carbocycles. The van der Waals surface area contributed by atoms with Gasteiger partial charge < -0.3 is 10.0 Å². The highest BCUT2D eigenvalue weighted by molar-refractivity contribution is 6.40. The van der Waals surface area contributed by atoms with Crippen molar-refractivity contribution in [2.45, 2.75) is 112 Å². The summed E-state index contributed by atoms with van der Waals surface area (Å²) in [6.07, 6.45) is 10.4. The molecule has 0 unspecified atom stereocenters. The molecule has 5 heteroatoms. The van der Waals surface area contributed by atoms with Gasteiger partial charge in [0.25, 0.3) is 5.91 Å². The van der Waals surface area contributed by atoms with E-state index in [-0.39, 0.29) is 5.91 Å². The SMILES string of the molecule is CN=C(C(=O)N(C)C1CCC(C(C)(C)C)CC1)C1CC1.Cc1cc(CCCC(C)(C)C)ccc1C(=O)O. The van der Waals surface area contributed by atoms with Gasteiger partial charge in [-0.05, 0) is 98.7 Å². The predicted octanol–water partition coefficient (Wildman–Crippen LogP) is 7.59. The van der Waals surface area contributed by atoms with Crippen molar-refractivity contribution >= 4 is 17.6 Å². The molecule has 1 aromatic rings. The lowest BCUT2D eigenvalue weighted by Gasteiger charge is -2.40. The quantitative estimate of drug-likeness (QED) is 0.383. The minimum atomic E-state index is -0.844. The monoisotopic (exact) mass is 512 g/mol. The number of carbonyl (C=O) groups is 2. The van der Waals surface area contributed by atoms with Gasteiger partial charge in [-0.1, -0.05) is 53.7 Å². The maximum atomic E-state index is 12.5. The number of nitrogens with zero attached hydrogens (tertiary/aromatic N) is 2. The third-order valence-electron chi connectivity index (χ3n) is 8.13. The van der Waals surface area contributed by atoms with Crippen molar-refractivity contribution in [1.29, 1.82) is 0 Å². The fourth-order valence-electron chi connectivity index (χ4n) is 5.43. The Morgan fingerprint density at radius 1 is 1.00 bits per heavy atom. The Morgan fingerprint density at radius 3 is 2.03 bits per heavy atom. The average molecular weight is 513 g/mol. The van der Waals surface area contributed by atoms with E-state index >= 15 is 0 Å². The highest BCUT2D eigenvalue weighted by atomic mass is 16.4. The van der Waals surface area contributed by atoms with Crippen LogP contribution in [0.5, 0.6) is 0 Å². The lowest BCUT2D eigenvalue weighted by Crippen LogP contribution is -2.44. The highest BCUT2D eigenvalue weighted by Crippen LogP contribution is 2.39. The first kappa shape index (κ1) is 31.1. The summed E-state index contributed by atoms with van der Waals surface area (Å²) in [4.78, 5) is 29.6. The molecule has 37 heavy (non-hydrogen) atoms. The molecule has 0 aliphatic heterocycles. The molecule has 0 bridgehead atoms. The third kappa shape index (κ3) is 9.90. The summed E-state index contributed by atoms with van der Waals surface area (Å²) in [5.41, 5.74) is 4.07. The van der Waals surface area contributed by atoms with Gasteiger partial charge >= 0.3 is 5.97 Å². The van der Waals surface area contributed by atoms with Crippen molar-refractivity contribution in [3.63, 3.8) is 0 Å². The summed E-state index contributed by atoms with van der Waals surface area (Å²) in [6.45, 7) is 15.6. The summed E-state index contributed by atoms with van der Waals surface area (Å²) in [6, 6.07) is 6.05. The van der Waals surface area contributed by atoms with Crippen molar-refractivity contribution in [3.8, 4) is 0 Å². The fraction of sp³-hybridized carbons (Fsp3) is 0.719. The zero-order valence-corrected chi connectivity index (χ0v) is 25.0. The minimum absolute atomic E-state index is 0.175. The smallest absolute Gasteiger partial charge is 0.335 e. The van der Waals surface area contributed by atoms with Crippen molar-refractivity contribution in [1.82, 2.24) is 4.90 Å². The van der Waals surface area contributed by atoms with Crippen LogP contribution in [0.1, 0.15) is 114 Å². The van der Waals surface area contributed by atoms with E-state index in [0.29, 0.717) is 28.4 Å². The van der Waals surface area contributed by atoms with Gasteiger partial charge in [0.2, 0.25) is 0 Å². The largest absolute Gasteiger partial charge is 0.478 e. The number of benzene rings is 1. The standard InChI is InChI=1S/C17H30N2O.C15H22O2/c1-17(2,3)13-8-10-14(11-9-13)19(5)16(20)15(18-4)12-6-7-12;1-11-10-12(6-5-9-15(2,3)4)7-8-13(11)14(16)17/h12-14H,6-11H2,1-5H3;7-8,10H,5-6,9H2,1-4H3,(H,16,17). The molecule has 2 aliphatic rings. The van der Waals surface area contributed by atoms with Gasteiger partial charge in [-0.3, -0.25) is 9.79 Å². The zero-order chi connectivity index (χ0) is 28.0. The second-order valence-electron chi connectivity index (χ2n) is 13.5. The van der Waals surface area contributed by atoms with Gasteiger partial charge in [0.1, 0.15) is 5.71 Å². The lowest BCUT2D eigenvalue weighted by molar-refractivity contribution is -0.125. The van der Waals surface area contributed by atoms with Crippen molar-refractivity contribution in [2.75, 3.05) is 14.1 Å². The molecule has 1 amide bonds. The normalized spacial score (nSPS) is 20.6. The van der Waals surface area contributed by atoms with Gasteiger partial charge in [0.05, 0.1) is 5.56 Å². The van der Waals surface area contributed by atoms with E-state index in [1.807, 2.05) is 31.0 Å². The van der Waals surface area contributed by atoms with Gasteiger partial charge in [0, 0.05) is 26.1 Å². The Labute approximate surface area is 226 Å². The maximum Gasteiger partial charge on any atom is 0.335 e. The number of carboxylic acids is 1. The average Bonchev–Trinajstić information content (AvgIpc) is 3.63. The number of carbonyl (C=O) groups excluding carboxylic acids is 1. The Bertz CT molecular complexity index is 940. The molecule has 1 N–H and O–H groups in total. The summed E-state index contributed by atoms with van der Waals surface area (Å²) in [7, 11) is 3.73. The number of hydrogen-bond donors (Lipinski definition) is 1. The molecular formula is C32H52N2O3. The van der Waals surface area contributed by atoms with Crippen molar-refractivity contribution < 1.29 is 14.7 Å². The van der Waals surface area contributed by atoms with E-state index in [1.54, 1.807) is 13.1 Å². The van der Waals surface area contributed by atoms with E-state index in [0.717, 1.165) is 55.7 Å². The predicted molar refractivity (Wildman–Crippen MR) is 155 cm³/mol. The van der Waals surface area contributed by atoms with Crippen LogP contribution in [-0.4, -0.2) is 47.7 Å². The molecule has 0 radical (unpaired) electrons. The highest BCUT2D eigenvalue weighted by Gasteiger charge is 2.37. The maximum absolute atomic E-state index is 12.5. The number of rotatable bonds is 7. The summed E-state index contributed by atoms with van der Waals surface area (Å²) in [5, 5.41) is 8.94. The van der Waals surface area contributed by atoms with Crippen LogP contribution < -0.4 is 0 Å². The molecule has 208 valence electrons. The van der Waals surface area contributed by atoms with Gasteiger partial charge in [-0.2, -0.15) is 0 Å². The van der Waals surface area contributed by atoms with E-state index in [9.17, 15) is 9.59 Å². The third-order valence-corrected chi connectivity index (χ3v) is 8.13. The van der Waals surface area contributed by atoms with Crippen LogP contribution in [0.4, 0.5) is 0 Å². The van der Waals surface area contributed by atoms with Crippen molar-refractivity contribution in [2.24, 2.45) is 27.7 Å². The molecule has 3 rings (SSSR count). The van der Waals surface area contributed by atoms with Crippen LogP contribution in [0, 0.1) is 29.6 Å². The fourth-order valence-corrected chi connectivity index (χ4v) is 5.43. The molecule has 0 saturated heterocycles. The summed E-state index contributed by atoms with van der Waals surface area (Å²) in [5.74, 6) is 0.573. The van der Waals surface area contributed by atoms with Crippen LogP contribution in [0.3, 0.4) is 0 Å². The molecule has 2 saturated carbocycles. The summed E-state index contributed by atoms with van der Waals surface area (Å²) >= 11 is 0. The first-order chi connectivity index (χ1) is 17.1. The number of hydrogen-bond acceptors (Lipinski definition) is 3. The second-order valence-corrected chi connectivity index (χ2v) is 13.5. The van der Waals surface area contributed by atoms with Gasteiger partial charge in [-0.25, -0.2) is 4.79 Å². The first-order valence-corrected chi connectivity index (χ1v) is 14.2. The van der Waals surface area contributed by atoms with Crippen LogP contribution in [0.2, 0.25) is 0 Å². The number of aryl methyl sites for hydroxylation is 2. The number of aromatic carboxylic acids is 1. The van der Waals surface area contributed by atoms with Gasteiger partial charge in [0.15, 0.2) is 0 Å². The topological polar surface area (TPSA) is 70.0 Å². The zero-order valence-electron chi connectivity index (χ0n) is 25.0. The molecule has 5 nitrogen and oxygen atoms in total. The summed E-state index contributed by atoms with van der Waals surface area (Å²) < 4.78 is 0. The minimum Gasteiger partial charge on any atom is -0.478 e. The van der Waals surface area contributed by atoms with Crippen LogP contribution in [0.25, 0.3) is 0 Å². The molecule has 2 fully saturated rings. The molecule has 0 spiro atoms. The molecule has 0 atom stereocenters. The van der Waals surface area contributed by atoms with E-state index < -0.39 is 5.97 Å². The van der Waals surface area contributed by atoms with E-state index in [4.69, 9.17) is 5.11 Å². The molecule has 2 aliphatic carbocycles. The van der Waals surface area contributed by atoms with Crippen LogP contribution >= 0.6 is 0 Å². The molecule has 0 heterocycles. The number of carboxylic acid groups (broad SMARTS) is 1. The van der Waals surface area contributed by atoms with E-state index in [1.165, 1.54) is 24.8 Å². The van der Waals surface area contributed by atoms with Crippen molar-refractivity contribution in [3.05, 3.63) is 34.9 Å². The van der Waals surface area contributed by atoms with Crippen LogP contribution in [-0.2, 0) is 11.2 Å². The Hall–Kier alpha value is -2.17. The Kier molecular flexibility index (Phi) is 11.0. The Morgan fingerprint density at radius 2 is 1.59 bits per heavy atom. The van der Waals surface area contributed by atoms with E-state index in [2.05, 4.69) is 46.5 Å². The molecular weight excluding hydrogens is 460 g/mol. The van der Waals surface area contributed by atoms with Gasteiger partial charge in [-0.15, -0.1) is 0 Å². The van der Waals surface area contributed by atoms with Crippen LogP contribution in [0.15, 0.2) is 23.2 Å². The second kappa shape index (κ2) is 13.1. The molecule has 0 aromatic heterocycles. The lowest BCUT2D eigenvalue weighted by atomic mass is 9.71. The number of amides is 1. The first-order valence-electron chi connectivity index (χ1n) is 14.2.